The molecule has 0 fully saturated rings. The van der Waals surface area contributed by atoms with Crippen LogP contribution in [0, 0.1) is 0 Å². The van der Waals surface area contributed by atoms with Crippen molar-refractivity contribution >= 4 is 5.82 Å². The summed E-state index contributed by atoms with van der Waals surface area (Å²) in [5, 5.41) is 11.9. The lowest BCUT2D eigenvalue weighted by atomic mass is 10.0. The van der Waals surface area contributed by atoms with Crippen molar-refractivity contribution < 1.29 is 5.11 Å². The lowest BCUT2D eigenvalue weighted by Gasteiger charge is -2.05. The Balaban J connectivity index is 0.000000612. The summed E-state index contributed by atoms with van der Waals surface area (Å²) in [7, 11) is 1.86. The van der Waals surface area contributed by atoms with E-state index in [-0.39, 0.29) is 6.61 Å². The standard InChI is InChI=1S/C14H16N2O.C3H8/c1-15-14-10-13(6-8-16-14)12-4-2-11(3-5-12)7-9-17;1-3-2/h2-6,8,10,17H,7,9H2,1H3,(H,15,16);3H2,1-2H3. The van der Waals surface area contributed by atoms with Crippen LogP contribution < -0.4 is 5.32 Å². The normalized spacial score (nSPS) is 9.60. The second-order valence-electron chi connectivity index (χ2n) is 4.56. The van der Waals surface area contributed by atoms with Gasteiger partial charge < -0.3 is 10.4 Å². The zero-order chi connectivity index (χ0) is 14.8. The van der Waals surface area contributed by atoms with E-state index in [4.69, 9.17) is 5.11 Å². The summed E-state index contributed by atoms with van der Waals surface area (Å²) in [6.45, 7) is 4.44. The van der Waals surface area contributed by atoms with Gasteiger partial charge in [-0.05, 0) is 35.2 Å². The molecule has 2 aromatic rings. The van der Waals surface area contributed by atoms with Crippen LogP contribution in [0.25, 0.3) is 11.1 Å². The quantitative estimate of drug-likeness (QED) is 0.891. The van der Waals surface area contributed by atoms with Crippen LogP contribution in [0.5, 0.6) is 0 Å². The number of rotatable bonds is 4. The Kier molecular flexibility index (Phi) is 7.36. The average Bonchev–Trinajstić information content (AvgIpc) is 2.49. The van der Waals surface area contributed by atoms with Gasteiger partial charge in [0.1, 0.15) is 5.82 Å². The highest BCUT2D eigenvalue weighted by Gasteiger charge is 1.99. The summed E-state index contributed by atoms with van der Waals surface area (Å²) in [5.74, 6) is 0.863. The molecular weight excluding hydrogens is 248 g/mol. The first-order chi connectivity index (χ1) is 9.74. The molecule has 0 amide bonds. The van der Waals surface area contributed by atoms with Crippen LogP contribution in [-0.2, 0) is 6.42 Å². The van der Waals surface area contributed by atoms with Crippen LogP contribution >= 0.6 is 0 Å². The van der Waals surface area contributed by atoms with Gasteiger partial charge in [-0.1, -0.05) is 44.5 Å². The van der Waals surface area contributed by atoms with E-state index in [1.807, 2.05) is 31.3 Å². The molecular formula is C17H24N2O. The topological polar surface area (TPSA) is 45.1 Å². The molecule has 0 saturated carbocycles. The van der Waals surface area contributed by atoms with Gasteiger partial charge in [0.05, 0.1) is 0 Å². The minimum Gasteiger partial charge on any atom is -0.396 e. The van der Waals surface area contributed by atoms with Crippen molar-refractivity contribution in [3.05, 3.63) is 48.2 Å². The molecule has 0 aliphatic rings. The molecule has 0 atom stereocenters. The molecule has 1 heterocycles. The van der Waals surface area contributed by atoms with E-state index in [1.54, 1.807) is 6.20 Å². The van der Waals surface area contributed by atoms with Gasteiger partial charge in [-0.3, -0.25) is 0 Å². The summed E-state index contributed by atoms with van der Waals surface area (Å²) < 4.78 is 0. The van der Waals surface area contributed by atoms with Crippen molar-refractivity contribution in [1.82, 2.24) is 4.98 Å². The van der Waals surface area contributed by atoms with Gasteiger partial charge >= 0.3 is 0 Å². The zero-order valence-corrected chi connectivity index (χ0v) is 12.6. The lowest BCUT2D eigenvalue weighted by Crippen LogP contribution is -1.92. The average molecular weight is 272 g/mol. The fraction of sp³-hybridized carbons (Fsp3) is 0.353. The molecule has 20 heavy (non-hydrogen) atoms. The maximum absolute atomic E-state index is 8.86. The fourth-order valence-electron chi connectivity index (χ4n) is 1.74. The second-order valence-corrected chi connectivity index (χ2v) is 4.56. The van der Waals surface area contributed by atoms with Crippen molar-refractivity contribution in [3.8, 4) is 11.1 Å². The van der Waals surface area contributed by atoms with Crippen LogP contribution in [0.4, 0.5) is 5.82 Å². The molecule has 3 heteroatoms. The fourth-order valence-corrected chi connectivity index (χ4v) is 1.74. The van der Waals surface area contributed by atoms with E-state index in [0.29, 0.717) is 6.42 Å². The molecule has 0 radical (unpaired) electrons. The van der Waals surface area contributed by atoms with Crippen LogP contribution in [0.1, 0.15) is 25.8 Å². The Morgan fingerprint density at radius 3 is 2.25 bits per heavy atom. The molecule has 0 aliphatic heterocycles. The third kappa shape index (κ3) is 5.02. The van der Waals surface area contributed by atoms with Gasteiger partial charge in [-0.15, -0.1) is 0 Å². The van der Waals surface area contributed by atoms with Gasteiger partial charge in [0.15, 0.2) is 0 Å². The third-order valence-electron chi connectivity index (χ3n) is 2.70. The third-order valence-corrected chi connectivity index (χ3v) is 2.70. The number of benzene rings is 1. The SMILES string of the molecule is CCC.CNc1cc(-c2ccc(CCO)cc2)ccn1. The predicted octanol–water partition coefficient (Wildman–Crippen LogP) is 3.74. The smallest absolute Gasteiger partial charge is 0.126 e. The molecule has 1 aromatic carbocycles. The monoisotopic (exact) mass is 272 g/mol. The number of aromatic nitrogens is 1. The number of nitrogens with zero attached hydrogens (tertiary/aromatic N) is 1. The molecule has 2 N–H and O–H groups in total. The van der Waals surface area contributed by atoms with Crippen molar-refractivity contribution in [2.75, 3.05) is 19.0 Å². The molecule has 2 rings (SSSR count). The van der Waals surface area contributed by atoms with Crippen LogP contribution in [0.3, 0.4) is 0 Å². The highest BCUT2D eigenvalue weighted by Crippen LogP contribution is 2.21. The van der Waals surface area contributed by atoms with Crippen LogP contribution in [-0.4, -0.2) is 23.7 Å². The van der Waals surface area contributed by atoms with Crippen LogP contribution in [0.15, 0.2) is 42.6 Å². The van der Waals surface area contributed by atoms with Crippen LogP contribution in [0.2, 0.25) is 0 Å². The minimum absolute atomic E-state index is 0.193. The Morgan fingerprint density at radius 2 is 1.70 bits per heavy atom. The van der Waals surface area contributed by atoms with Gasteiger partial charge in [0, 0.05) is 19.9 Å². The van der Waals surface area contributed by atoms with E-state index in [0.717, 1.165) is 22.5 Å². The minimum atomic E-state index is 0.193. The Labute approximate surface area is 121 Å². The molecule has 0 aliphatic carbocycles. The van der Waals surface area contributed by atoms with E-state index in [9.17, 15) is 0 Å². The summed E-state index contributed by atoms with van der Waals surface area (Å²) in [6, 6.07) is 12.2. The Morgan fingerprint density at radius 1 is 1.05 bits per heavy atom. The van der Waals surface area contributed by atoms with E-state index in [1.165, 1.54) is 6.42 Å². The van der Waals surface area contributed by atoms with E-state index < -0.39 is 0 Å². The maximum Gasteiger partial charge on any atom is 0.126 e. The van der Waals surface area contributed by atoms with Gasteiger partial charge in [0.25, 0.3) is 0 Å². The molecule has 0 saturated heterocycles. The first-order valence-electron chi connectivity index (χ1n) is 7.09. The molecule has 0 unspecified atom stereocenters. The van der Waals surface area contributed by atoms with Crippen molar-refractivity contribution in [2.45, 2.75) is 26.7 Å². The summed E-state index contributed by atoms with van der Waals surface area (Å²) >= 11 is 0. The number of anilines is 1. The van der Waals surface area contributed by atoms with Crippen molar-refractivity contribution in [2.24, 2.45) is 0 Å². The molecule has 1 aromatic heterocycles. The van der Waals surface area contributed by atoms with Gasteiger partial charge in [0.2, 0.25) is 0 Å². The highest BCUT2D eigenvalue weighted by molar-refractivity contribution is 5.66. The summed E-state index contributed by atoms with van der Waals surface area (Å²) in [6.07, 6.45) is 3.75. The number of nitrogens with one attached hydrogen (secondary N) is 1. The first-order valence-corrected chi connectivity index (χ1v) is 7.09. The first kappa shape index (κ1) is 16.2. The largest absolute Gasteiger partial charge is 0.396 e. The number of aliphatic hydroxyl groups is 1. The van der Waals surface area contributed by atoms with Gasteiger partial charge in [-0.2, -0.15) is 0 Å². The Bertz CT molecular complexity index is 495. The molecule has 0 spiro atoms. The molecule has 0 bridgehead atoms. The number of pyridine rings is 1. The number of aliphatic hydroxyl groups excluding tert-OH is 1. The predicted molar refractivity (Wildman–Crippen MR) is 86.0 cm³/mol. The highest BCUT2D eigenvalue weighted by atomic mass is 16.2. The maximum atomic E-state index is 8.86. The second kappa shape index (κ2) is 9.10. The van der Waals surface area contributed by atoms with Gasteiger partial charge in [-0.25, -0.2) is 4.98 Å². The lowest BCUT2D eigenvalue weighted by molar-refractivity contribution is 0.299. The Hall–Kier alpha value is -1.87. The van der Waals surface area contributed by atoms with Crippen molar-refractivity contribution in [1.29, 1.82) is 0 Å². The number of hydrogen-bond acceptors (Lipinski definition) is 3. The number of hydrogen-bond donors (Lipinski definition) is 2. The molecule has 3 nitrogen and oxygen atoms in total. The summed E-state index contributed by atoms with van der Waals surface area (Å²) in [5.41, 5.74) is 3.45. The van der Waals surface area contributed by atoms with E-state index in [2.05, 4.69) is 36.3 Å². The summed E-state index contributed by atoms with van der Waals surface area (Å²) in [4.78, 5) is 4.19. The van der Waals surface area contributed by atoms with Crippen molar-refractivity contribution in [3.63, 3.8) is 0 Å². The van der Waals surface area contributed by atoms with E-state index >= 15 is 0 Å². The molecule has 108 valence electrons. The zero-order valence-electron chi connectivity index (χ0n) is 12.6.